The molecule has 0 spiro atoms. The number of alkyl halides is 3. The van der Waals surface area contributed by atoms with E-state index in [-0.39, 0.29) is 0 Å². The van der Waals surface area contributed by atoms with E-state index in [4.69, 9.17) is 49.7 Å². The van der Waals surface area contributed by atoms with Crippen LogP contribution in [0.15, 0.2) is 0 Å². The molecule has 1 atom stereocenters. The first kappa shape index (κ1) is 10.2. The SMILES string of the molecule is OC(P(O)O)C(Cl)(Cl)Cl. The van der Waals surface area contributed by atoms with Crippen molar-refractivity contribution in [3.8, 4) is 0 Å². The lowest BCUT2D eigenvalue weighted by atomic mass is 10.8. The third-order valence-corrected chi connectivity index (χ3v) is 2.41. The van der Waals surface area contributed by atoms with Gasteiger partial charge in [0.15, 0.2) is 14.2 Å². The molecule has 9 heavy (non-hydrogen) atoms. The Labute approximate surface area is 68.1 Å². The molecule has 1 unspecified atom stereocenters. The van der Waals surface area contributed by atoms with Crippen molar-refractivity contribution in [3.05, 3.63) is 0 Å². The number of hydrogen-bond donors (Lipinski definition) is 3. The lowest BCUT2D eigenvalue weighted by Gasteiger charge is -2.18. The first-order valence-corrected chi connectivity index (χ1v) is 4.22. The first-order valence-electron chi connectivity index (χ1n) is 1.77. The highest BCUT2D eigenvalue weighted by molar-refractivity contribution is 7.46. The van der Waals surface area contributed by atoms with Gasteiger partial charge in [0.1, 0.15) is 0 Å². The maximum Gasteiger partial charge on any atom is 0.224 e. The Hall–Kier alpha value is 1.18. The van der Waals surface area contributed by atoms with Crippen LogP contribution in [0, 0.1) is 0 Å². The maximum atomic E-state index is 8.60. The van der Waals surface area contributed by atoms with Crippen LogP contribution >= 0.6 is 43.2 Å². The molecule has 0 aliphatic heterocycles. The standard InChI is InChI=1S/C2H4Cl3O3P/c3-2(4,5)1(6)9(7)8/h1,6-8H. The summed E-state index contributed by atoms with van der Waals surface area (Å²) >= 11 is 15.2. The largest absolute Gasteiger partial charge is 0.379 e. The van der Waals surface area contributed by atoms with Crippen LogP contribution in [0.1, 0.15) is 0 Å². The average Bonchev–Trinajstić information content (AvgIpc) is 1.62. The van der Waals surface area contributed by atoms with Crippen LogP contribution in [-0.2, 0) is 0 Å². The van der Waals surface area contributed by atoms with Gasteiger partial charge in [-0.15, -0.1) is 0 Å². The summed E-state index contributed by atoms with van der Waals surface area (Å²) in [4.78, 5) is 16.5. The molecule has 0 aromatic carbocycles. The van der Waals surface area contributed by atoms with Crippen LogP contribution in [0.25, 0.3) is 0 Å². The molecule has 0 aromatic heterocycles. The Bertz CT molecular complexity index is 91.5. The van der Waals surface area contributed by atoms with Crippen LogP contribution in [0.2, 0.25) is 0 Å². The van der Waals surface area contributed by atoms with Crippen molar-refractivity contribution >= 4 is 43.2 Å². The normalized spacial score (nSPS) is 16.3. The van der Waals surface area contributed by atoms with Gasteiger partial charge in [-0.3, -0.25) is 0 Å². The smallest absolute Gasteiger partial charge is 0.224 e. The highest BCUT2D eigenvalue weighted by atomic mass is 35.6. The first-order chi connectivity index (χ1) is 3.85. The predicted octanol–water partition coefficient (Wildman–Crippen LogP) is 0.971. The van der Waals surface area contributed by atoms with E-state index in [1.165, 1.54) is 0 Å². The second kappa shape index (κ2) is 3.54. The van der Waals surface area contributed by atoms with E-state index in [1.807, 2.05) is 0 Å². The van der Waals surface area contributed by atoms with Crippen molar-refractivity contribution in [2.24, 2.45) is 0 Å². The topological polar surface area (TPSA) is 60.7 Å². The molecule has 0 rings (SSSR count). The zero-order valence-electron chi connectivity index (χ0n) is 4.00. The van der Waals surface area contributed by atoms with E-state index in [1.54, 1.807) is 0 Å². The predicted molar refractivity (Wildman–Crippen MR) is 37.7 cm³/mol. The van der Waals surface area contributed by atoms with Crippen molar-refractivity contribution < 1.29 is 14.9 Å². The Morgan fingerprint density at radius 2 is 1.56 bits per heavy atom. The molecule has 0 aliphatic carbocycles. The van der Waals surface area contributed by atoms with Crippen molar-refractivity contribution in [1.29, 1.82) is 0 Å². The Kier molecular flexibility index (Phi) is 4.00. The summed E-state index contributed by atoms with van der Waals surface area (Å²) in [5.74, 6) is -1.71. The maximum absolute atomic E-state index is 8.60. The highest BCUT2D eigenvalue weighted by Gasteiger charge is 2.36. The van der Waals surface area contributed by atoms with Gasteiger partial charge in [0.2, 0.25) is 3.79 Å². The monoisotopic (exact) mass is 212 g/mol. The summed E-state index contributed by atoms with van der Waals surface area (Å²) < 4.78 is -2.02. The van der Waals surface area contributed by atoms with Gasteiger partial charge in [-0.1, -0.05) is 34.8 Å². The fourth-order valence-electron chi connectivity index (χ4n) is 0.131. The van der Waals surface area contributed by atoms with Gasteiger partial charge in [-0.05, 0) is 0 Å². The molecule has 0 heterocycles. The van der Waals surface area contributed by atoms with E-state index in [2.05, 4.69) is 0 Å². The average molecular weight is 213 g/mol. The molecule has 0 aliphatic rings. The minimum atomic E-state index is -2.59. The number of hydrogen-bond acceptors (Lipinski definition) is 3. The van der Waals surface area contributed by atoms with E-state index in [0.717, 1.165) is 0 Å². The fraction of sp³-hybridized carbons (Fsp3) is 1.00. The number of halogens is 3. The van der Waals surface area contributed by atoms with Crippen molar-refractivity contribution in [2.45, 2.75) is 9.64 Å². The van der Waals surface area contributed by atoms with Gasteiger partial charge in [0.05, 0.1) is 0 Å². The second-order valence-corrected chi connectivity index (χ2v) is 4.73. The molecule has 56 valence electrons. The Morgan fingerprint density at radius 1 is 1.22 bits per heavy atom. The van der Waals surface area contributed by atoms with Crippen molar-refractivity contribution in [2.75, 3.05) is 0 Å². The van der Waals surface area contributed by atoms with E-state index >= 15 is 0 Å². The lowest BCUT2D eigenvalue weighted by molar-refractivity contribution is 0.232. The molecule has 7 heteroatoms. The summed E-state index contributed by atoms with van der Waals surface area (Å²) in [6.07, 6.45) is 0. The minimum absolute atomic E-state index is 1.71. The zero-order chi connectivity index (χ0) is 7.65. The van der Waals surface area contributed by atoms with Gasteiger partial charge < -0.3 is 14.9 Å². The second-order valence-electron chi connectivity index (χ2n) is 1.24. The number of aliphatic hydroxyl groups excluding tert-OH is 1. The van der Waals surface area contributed by atoms with E-state index in [9.17, 15) is 0 Å². The van der Waals surface area contributed by atoms with Gasteiger partial charge >= 0.3 is 0 Å². The van der Waals surface area contributed by atoms with E-state index < -0.39 is 18.0 Å². The van der Waals surface area contributed by atoms with Crippen LogP contribution in [-0.4, -0.2) is 24.5 Å². The minimum Gasteiger partial charge on any atom is -0.379 e. The van der Waals surface area contributed by atoms with Crippen molar-refractivity contribution in [1.82, 2.24) is 0 Å². The molecular formula is C2H4Cl3O3P. The lowest BCUT2D eigenvalue weighted by Crippen LogP contribution is -2.22. The summed E-state index contributed by atoms with van der Waals surface area (Å²) in [6.45, 7) is 0. The summed E-state index contributed by atoms with van der Waals surface area (Å²) in [5, 5.41) is 8.60. The molecule has 3 N–H and O–H groups in total. The summed E-state index contributed by atoms with van der Waals surface area (Å²) in [6, 6.07) is 0. The molecule has 0 saturated heterocycles. The third kappa shape index (κ3) is 3.79. The van der Waals surface area contributed by atoms with E-state index in [0.29, 0.717) is 0 Å². The number of aliphatic hydroxyl groups is 1. The third-order valence-electron chi connectivity index (χ3n) is 0.512. The quantitative estimate of drug-likeness (QED) is 0.449. The zero-order valence-corrected chi connectivity index (χ0v) is 7.16. The molecule has 3 nitrogen and oxygen atoms in total. The van der Waals surface area contributed by atoms with Crippen LogP contribution in [0.4, 0.5) is 0 Å². The molecule has 0 amide bonds. The number of rotatable bonds is 1. The fourth-order valence-corrected chi connectivity index (χ4v) is 1.18. The van der Waals surface area contributed by atoms with Crippen LogP contribution in [0.5, 0.6) is 0 Å². The Morgan fingerprint density at radius 3 is 1.56 bits per heavy atom. The summed E-state index contributed by atoms with van der Waals surface area (Å²) in [5.41, 5.74) is 0. The Balaban J connectivity index is 3.88. The van der Waals surface area contributed by atoms with Crippen molar-refractivity contribution in [3.63, 3.8) is 0 Å². The summed E-state index contributed by atoms with van der Waals surface area (Å²) in [7, 11) is -2.59. The van der Waals surface area contributed by atoms with Gasteiger partial charge in [0, 0.05) is 0 Å². The molecule has 0 saturated carbocycles. The molecule has 0 aromatic rings. The highest BCUT2D eigenvalue weighted by Crippen LogP contribution is 2.44. The molecule has 0 fully saturated rings. The molecular weight excluding hydrogens is 209 g/mol. The molecule has 0 bridgehead atoms. The van der Waals surface area contributed by atoms with Gasteiger partial charge in [0.25, 0.3) is 0 Å². The van der Waals surface area contributed by atoms with Gasteiger partial charge in [-0.2, -0.15) is 0 Å². The van der Waals surface area contributed by atoms with Crippen LogP contribution < -0.4 is 0 Å². The van der Waals surface area contributed by atoms with Gasteiger partial charge in [-0.25, -0.2) is 0 Å². The van der Waals surface area contributed by atoms with Crippen LogP contribution in [0.3, 0.4) is 0 Å². The molecule has 0 radical (unpaired) electrons.